The fourth-order valence-electron chi connectivity index (χ4n) is 1.93. The molecule has 0 unspecified atom stereocenters. The van der Waals surface area contributed by atoms with Crippen molar-refractivity contribution in [3.8, 4) is 5.75 Å². The molecule has 1 heterocycles. The molecule has 0 aliphatic carbocycles. The van der Waals surface area contributed by atoms with Crippen molar-refractivity contribution in [2.24, 2.45) is 0 Å². The molecule has 4 nitrogen and oxygen atoms in total. The molecule has 0 aliphatic rings. The summed E-state index contributed by atoms with van der Waals surface area (Å²) in [6, 6.07) is 6.68. The highest BCUT2D eigenvalue weighted by atomic mass is 35.5. The number of fused-ring (bicyclic) bond motifs is 1. The third kappa shape index (κ3) is 2.87. The number of aromatic hydroxyl groups is 1. The molecule has 0 saturated heterocycles. The third-order valence-corrected chi connectivity index (χ3v) is 4.30. The lowest BCUT2D eigenvalue weighted by Gasteiger charge is -2.11. The topological polar surface area (TPSA) is 58.0 Å². The van der Waals surface area contributed by atoms with E-state index in [4.69, 9.17) is 34.8 Å². The van der Waals surface area contributed by atoms with Crippen LogP contribution < -0.4 is 5.32 Å². The van der Waals surface area contributed by atoms with Gasteiger partial charge in [0.2, 0.25) is 0 Å². The van der Waals surface area contributed by atoms with Crippen LogP contribution in [-0.4, -0.2) is 13.9 Å². The molecular formula is C13H8Cl3N3OS. The summed E-state index contributed by atoms with van der Waals surface area (Å²) in [7, 11) is 0. The Bertz CT molecular complexity index is 822. The van der Waals surface area contributed by atoms with E-state index in [2.05, 4.69) is 14.1 Å². The third-order valence-electron chi connectivity index (χ3n) is 2.94. The predicted molar refractivity (Wildman–Crippen MR) is 87.9 cm³/mol. The Hall–Kier alpha value is -1.27. The summed E-state index contributed by atoms with van der Waals surface area (Å²) in [5.41, 5.74) is 2.70. The Morgan fingerprint density at radius 3 is 2.71 bits per heavy atom. The molecule has 8 heteroatoms. The highest BCUT2D eigenvalue weighted by molar-refractivity contribution is 7.00. The molecule has 0 amide bonds. The second-order valence-corrected chi connectivity index (χ2v) is 6.08. The summed E-state index contributed by atoms with van der Waals surface area (Å²) in [6.45, 7) is 0.308. The molecule has 0 spiro atoms. The van der Waals surface area contributed by atoms with Crippen LogP contribution in [0.3, 0.4) is 0 Å². The first-order valence-corrected chi connectivity index (χ1v) is 7.74. The molecule has 1 aromatic heterocycles. The summed E-state index contributed by atoms with van der Waals surface area (Å²) in [5, 5.41) is 14.3. The van der Waals surface area contributed by atoms with Crippen LogP contribution in [0.2, 0.25) is 15.1 Å². The van der Waals surface area contributed by atoms with Gasteiger partial charge >= 0.3 is 0 Å². The Balaban J connectivity index is 1.94. The molecule has 0 saturated carbocycles. The monoisotopic (exact) mass is 359 g/mol. The minimum Gasteiger partial charge on any atom is -0.506 e. The molecule has 3 aromatic rings. The van der Waals surface area contributed by atoms with Crippen LogP contribution in [0, 0.1) is 0 Å². The SMILES string of the molecule is Oc1c(Cl)cc(Cl)cc1CNc1c(Cl)ccc2nsnc12. The number of benzene rings is 2. The number of halogens is 3. The lowest BCUT2D eigenvalue weighted by atomic mass is 10.2. The largest absolute Gasteiger partial charge is 0.506 e. The van der Waals surface area contributed by atoms with Crippen molar-refractivity contribution in [2.45, 2.75) is 6.54 Å². The number of rotatable bonds is 3. The number of phenols is 1. The number of hydrogen-bond donors (Lipinski definition) is 2. The first-order chi connectivity index (χ1) is 10.1. The minimum atomic E-state index is -0.00623. The first-order valence-electron chi connectivity index (χ1n) is 5.88. The maximum atomic E-state index is 9.95. The number of anilines is 1. The zero-order valence-corrected chi connectivity index (χ0v) is 13.5. The Labute approximate surface area is 139 Å². The summed E-state index contributed by atoms with van der Waals surface area (Å²) in [6.07, 6.45) is 0. The molecule has 21 heavy (non-hydrogen) atoms. The van der Waals surface area contributed by atoms with Crippen LogP contribution in [0.5, 0.6) is 5.75 Å². The molecule has 0 atom stereocenters. The minimum absolute atomic E-state index is 0.00623. The van der Waals surface area contributed by atoms with Gasteiger partial charge in [-0.25, -0.2) is 0 Å². The van der Waals surface area contributed by atoms with Crippen molar-refractivity contribution >= 4 is 63.3 Å². The van der Waals surface area contributed by atoms with Gasteiger partial charge in [0, 0.05) is 17.1 Å². The number of hydrogen-bond acceptors (Lipinski definition) is 5. The highest BCUT2D eigenvalue weighted by Crippen LogP contribution is 2.34. The van der Waals surface area contributed by atoms with E-state index >= 15 is 0 Å². The van der Waals surface area contributed by atoms with Crippen LogP contribution in [0.15, 0.2) is 24.3 Å². The van der Waals surface area contributed by atoms with E-state index in [0.29, 0.717) is 33.4 Å². The zero-order valence-electron chi connectivity index (χ0n) is 10.4. The van der Waals surface area contributed by atoms with E-state index in [1.807, 2.05) is 0 Å². The van der Waals surface area contributed by atoms with E-state index < -0.39 is 0 Å². The van der Waals surface area contributed by atoms with Gasteiger partial charge in [0.15, 0.2) is 0 Å². The van der Waals surface area contributed by atoms with Crippen LogP contribution in [0.1, 0.15) is 5.56 Å². The summed E-state index contributed by atoms with van der Waals surface area (Å²) >= 11 is 19.1. The number of aromatic nitrogens is 2. The van der Waals surface area contributed by atoms with E-state index in [0.717, 1.165) is 17.2 Å². The summed E-state index contributed by atoms with van der Waals surface area (Å²) in [4.78, 5) is 0. The fraction of sp³-hybridized carbons (Fsp3) is 0.0769. The van der Waals surface area contributed by atoms with Gasteiger partial charge in [-0.15, -0.1) is 0 Å². The van der Waals surface area contributed by atoms with E-state index in [9.17, 15) is 5.11 Å². The Morgan fingerprint density at radius 2 is 1.90 bits per heavy atom. The van der Waals surface area contributed by atoms with E-state index in [1.54, 1.807) is 18.2 Å². The van der Waals surface area contributed by atoms with Crippen molar-refractivity contribution in [1.29, 1.82) is 0 Å². The average Bonchev–Trinajstić information content (AvgIpc) is 2.91. The molecule has 0 aliphatic heterocycles. The second kappa shape index (κ2) is 5.85. The molecule has 108 valence electrons. The van der Waals surface area contributed by atoms with Gasteiger partial charge in [0.1, 0.15) is 16.8 Å². The number of nitrogens with one attached hydrogen (secondary N) is 1. The van der Waals surface area contributed by atoms with Gasteiger partial charge in [0.05, 0.1) is 27.5 Å². The molecule has 0 bridgehead atoms. The van der Waals surface area contributed by atoms with E-state index in [-0.39, 0.29) is 10.8 Å². The average molecular weight is 361 g/mol. The van der Waals surface area contributed by atoms with Gasteiger partial charge in [0.25, 0.3) is 0 Å². The van der Waals surface area contributed by atoms with Crippen LogP contribution >= 0.6 is 46.5 Å². The molecule has 3 rings (SSSR count). The number of nitrogens with zero attached hydrogens (tertiary/aromatic N) is 2. The van der Waals surface area contributed by atoms with Gasteiger partial charge in [-0.3, -0.25) is 0 Å². The van der Waals surface area contributed by atoms with Crippen molar-refractivity contribution in [3.05, 3.63) is 44.9 Å². The quantitative estimate of drug-likeness (QED) is 0.692. The van der Waals surface area contributed by atoms with Crippen molar-refractivity contribution < 1.29 is 5.11 Å². The first kappa shape index (κ1) is 14.7. The van der Waals surface area contributed by atoms with Gasteiger partial charge in [-0.1, -0.05) is 34.8 Å². The molecular weight excluding hydrogens is 353 g/mol. The smallest absolute Gasteiger partial charge is 0.139 e. The predicted octanol–water partition coefficient (Wildman–Crippen LogP) is 4.97. The van der Waals surface area contributed by atoms with E-state index in [1.165, 1.54) is 6.07 Å². The van der Waals surface area contributed by atoms with Crippen molar-refractivity contribution in [3.63, 3.8) is 0 Å². The molecule has 0 radical (unpaired) electrons. The number of phenolic OH excluding ortho intramolecular Hbond substituents is 1. The maximum Gasteiger partial charge on any atom is 0.139 e. The van der Waals surface area contributed by atoms with Crippen LogP contribution in [0.4, 0.5) is 5.69 Å². The highest BCUT2D eigenvalue weighted by Gasteiger charge is 2.12. The van der Waals surface area contributed by atoms with Crippen molar-refractivity contribution in [2.75, 3.05) is 5.32 Å². The van der Waals surface area contributed by atoms with Gasteiger partial charge in [-0.05, 0) is 24.3 Å². The van der Waals surface area contributed by atoms with Gasteiger partial charge < -0.3 is 10.4 Å². The fourth-order valence-corrected chi connectivity index (χ4v) is 3.23. The lowest BCUT2D eigenvalue weighted by molar-refractivity contribution is 0.469. The normalized spacial score (nSPS) is 11.0. The van der Waals surface area contributed by atoms with Gasteiger partial charge in [-0.2, -0.15) is 8.75 Å². The second-order valence-electron chi connectivity index (χ2n) is 4.30. The summed E-state index contributed by atoms with van der Waals surface area (Å²) < 4.78 is 8.38. The van der Waals surface area contributed by atoms with Crippen molar-refractivity contribution in [1.82, 2.24) is 8.75 Å². The molecule has 2 aromatic carbocycles. The maximum absolute atomic E-state index is 9.95. The van der Waals surface area contributed by atoms with Crippen LogP contribution in [0.25, 0.3) is 11.0 Å². The summed E-state index contributed by atoms with van der Waals surface area (Å²) in [5.74, 6) is -0.00623. The standard InChI is InChI=1S/C13H8Cl3N3OS/c14-7-3-6(13(20)9(16)4-7)5-17-11-8(15)1-2-10-12(11)19-21-18-10/h1-4,17,20H,5H2. The Morgan fingerprint density at radius 1 is 1.10 bits per heavy atom. The lowest BCUT2D eigenvalue weighted by Crippen LogP contribution is -2.01. The Kier molecular flexibility index (Phi) is 4.08. The molecule has 0 fully saturated rings. The van der Waals surface area contributed by atoms with Crippen LogP contribution in [-0.2, 0) is 6.54 Å². The zero-order chi connectivity index (χ0) is 15.0. The molecule has 2 N–H and O–H groups in total.